The van der Waals surface area contributed by atoms with Crippen LogP contribution in [0.2, 0.25) is 0 Å². The lowest BCUT2D eigenvalue weighted by Gasteiger charge is -2.15. The van der Waals surface area contributed by atoms with Gasteiger partial charge in [0.1, 0.15) is 11.2 Å². The number of fused-ring (bicyclic) bond motifs is 1. The first-order chi connectivity index (χ1) is 14.4. The molecule has 4 aromatic rings. The third-order valence-corrected chi connectivity index (χ3v) is 6.60. The van der Waals surface area contributed by atoms with Crippen LogP contribution in [0, 0.1) is 13.8 Å². The molecule has 4 rings (SSSR count). The molecule has 0 bridgehead atoms. The number of nitrogens with one attached hydrogen (secondary N) is 1. The number of anilines is 1. The van der Waals surface area contributed by atoms with Gasteiger partial charge in [0.05, 0.1) is 16.9 Å². The van der Waals surface area contributed by atoms with Crippen LogP contribution in [-0.4, -0.2) is 15.0 Å². The molecule has 0 saturated heterocycles. The minimum atomic E-state index is -0.540. The molecule has 0 fully saturated rings. The Labute approximate surface area is 184 Å². The highest BCUT2D eigenvalue weighted by atomic mass is 79.9. The van der Waals surface area contributed by atoms with E-state index in [0.717, 1.165) is 20.2 Å². The summed E-state index contributed by atoms with van der Waals surface area (Å²) >= 11 is 4.65. The van der Waals surface area contributed by atoms with Crippen LogP contribution >= 0.6 is 27.3 Å². The molecule has 0 saturated carbocycles. The normalized spacial score (nSPS) is 11.0. The number of benzene rings is 2. The molecule has 8 heteroatoms. The van der Waals surface area contributed by atoms with Gasteiger partial charge in [0, 0.05) is 4.47 Å². The van der Waals surface area contributed by atoms with E-state index < -0.39 is 5.69 Å². The molecular weight excluding hydrogens is 466 g/mol. The fourth-order valence-electron chi connectivity index (χ4n) is 3.33. The van der Waals surface area contributed by atoms with Crippen LogP contribution in [0.15, 0.2) is 68.0 Å². The number of halogens is 1. The molecule has 6 nitrogen and oxygen atoms in total. The SMILES string of the molecule is Cc1cccc(-n2c(=O)c3sccc3n(CC(=O)Nc3ccccc3Br)c2=O)c1C. The third kappa shape index (κ3) is 3.53. The Morgan fingerprint density at radius 3 is 2.60 bits per heavy atom. The number of nitrogens with zero attached hydrogens (tertiary/aromatic N) is 2. The molecule has 0 aliphatic heterocycles. The zero-order chi connectivity index (χ0) is 21.4. The van der Waals surface area contributed by atoms with Crippen LogP contribution in [0.5, 0.6) is 0 Å². The van der Waals surface area contributed by atoms with Crippen molar-refractivity contribution in [3.8, 4) is 5.69 Å². The number of amides is 1. The van der Waals surface area contributed by atoms with Crippen molar-refractivity contribution in [1.29, 1.82) is 0 Å². The van der Waals surface area contributed by atoms with Gasteiger partial charge in [-0.25, -0.2) is 9.36 Å². The quantitative estimate of drug-likeness (QED) is 0.471. The summed E-state index contributed by atoms with van der Waals surface area (Å²) < 4.78 is 3.68. The second-order valence-electron chi connectivity index (χ2n) is 6.89. The maximum atomic E-state index is 13.4. The monoisotopic (exact) mass is 483 g/mol. The number of aryl methyl sites for hydroxylation is 1. The summed E-state index contributed by atoms with van der Waals surface area (Å²) in [5.41, 5.74) is 2.50. The smallest absolute Gasteiger partial charge is 0.324 e. The van der Waals surface area contributed by atoms with E-state index in [9.17, 15) is 14.4 Å². The van der Waals surface area contributed by atoms with Crippen molar-refractivity contribution in [2.24, 2.45) is 0 Å². The Kier molecular flexibility index (Phi) is 5.44. The summed E-state index contributed by atoms with van der Waals surface area (Å²) in [6.07, 6.45) is 0. The number of thiophene rings is 1. The number of hydrogen-bond acceptors (Lipinski definition) is 4. The van der Waals surface area contributed by atoms with Crippen LogP contribution < -0.4 is 16.6 Å². The van der Waals surface area contributed by atoms with Crippen molar-refractivity contribution in [3.63, 3.8) is 0 Å². The molecule has 0 radical (unpaired) electrons. The standard InChI is InChI=1S/C22H18BrN3O3S/c1-13-6-5-9-17(14(13)2)26-21(28)20-18(10-11-30-20)25(22(26)29)12-19(27)24-16-8-4-3-7-15(16)23/h3-11H,12H2,1-2H3,(H,24,27). The summed E-state index contributed by atoms with van der Waals surface area (Å²) in [7, 11) is 0. The lowest BCUT2D eigenvalue weighted by atomic mass is 10.1. The summed E-state index contributed by atoms with van der Waals surface area (Å²) in [6.45, 7) is 3.59. The van der Waals surface area contributed by atoms with Gasteiger partial charge in [-0.05, 0) is 70.5 Å². The Morgan fingerprint density at radius 2 is 1.83 bits per heavy atom. The van der Waals surface area contributed by atoms with Crippen molar-refractivity contribution in [2.45, 2.75) is 20.4 Å². The maximum Gasteiger partial charge on any atom is 0.336 e. The van der Waals surface area contributed by atoms with E-state index in [2.05, 4.69) is 21.2 Å². The van der Waals surface area contributed by atoms with Crippen molar-refractivity contribution in [1.82, 2.24) is 9.13 Å². The van der Waals surface area contributed by atoms with Crippen molar-refractivity contribution >= 4 is 49.1 Å². The van der Waals surface area contributed by atoms with Crippen molar-refractivity contribution in [2.75, 3.05) is 5.32 Å². The zero-order valence-corrected chi connectivity index (χ0v) is 18.7. The Morgan fingerprint density at radius 1 is 1.07 bits per heavy atom. The first-order valence-corrected chi connectivity index (χ1v) is 10.9. The van der Waals surface area contributed by atoms with Gasteiger partial charge in [0.2, 0.25) is 5.91 Å². The van der Waals surface area contributed by atoms with Gasteiger partial charge < -0.3 is 5.32 Å². The first kappa shape index (κ1) is 20.3. The molecule has 0 atom stereocenters. The molecule has 0 aliphatic rings. The van der Waals surface area contributed by atoms with Gasteiger partial charge in [-0.15, -0.1) is 11.3 Å². The van der Waals surface area contributed by atoms with Crippen LogP contribution in [-0.2, 0) is 11.3 Å². The van der Waals surface area contributed by atoms with E-state index >= 15 is 0 Å². The molecule has 30 heavy (non-hydrogen) atoms. The minimum Gasteiger partial charge on any atom is -0.324 e. The molecule has 152 valence electrons. The van der Waals surface area contributed by atoms with Crippen LogP contribution in [0.3, 0.4) is 0 Å². The minimum absolute atomic E-state index is 0.210. The average molecular weight is 484 g/mol. The van der Waals surface area contributed by atoms with Crippen LogP contribution in [0.25, 0.3) is 15.9 Å². The Hall–Kier alpha value is -2.97. The average Bonchev–Trinajstić information content (AvgIpc) is 3.20. The van der Waals surface area contributed by atoms with E-state index in [1.54, 1.807) is 23.6 Å². The van der Waals surface area contributed by atoms with Gasteiger partial charge in [-0.2, -0.15) is 0 Å². The van der Waals surface area contributed by atoms with E-state index in [-0.39, 0.29) is 18.0 Å². The topological polar surface area (TPSA) is 73.1 Å². The van der Waals surface area contributed by atoms with Crippen LogP contribution in [0.1, 0.15) is 11.1 Å². The number of para-hydroxylation sites is 1. The van der Waals surface area contributed by atoms with E-state index in [1.165, 1.54) is 15.9 Å². The molecule has 0 unspecified atom stereocenters. The Bertz CT molecular complexity index is 1400. The first-order valence-electron chi connectivity index (χ1n) is 9.22. The largest absolute Gasteiger partial charge is 0.336 e. The molecule has 2 heterocycles. The van der Waals surface area contributed by atoms with E-state index in [4.69, 9.17) is 0 Å². The number of rotatable bonds is 4. The van der Waals surface area contributed by atoms with Gasteiger partial charge >= 0.3 is 5.69 Å². The van der Waals surface area contributed by atoms with Crippen molar-refractivity contribution < 1.29 is 4.79 Å². The summed E-state index contributed by atoms with van der Waals surface area (Å²) in [5, 5.41) is 4.56. The lowest BCUT2D eigenvalue weighted by molar-refractivity contribution is -0.116. The van der Waals surface area contributed by atoms with E-state index in [1.807, 2.05) is 44.2 Å². The molecule has 0 spiro atoms. The highest BCUT2D eigenvalue weighted by molar-refractivity contribution is 9.10. The number of hydrogen-bond donors (Lipinski definition) is 1. The highest BCUT2D eigenvalue weighted by Crippen LogP contribution is 2.22. The molecular formula is C22H18BrN3O3S. The van der Waals surface area contributed by atoms with Gasteiger partial charge in [0.15, 0.2) is 0 Å². The molecule has 2 aromatic heterocycles. The summed E-state index contributed by atoms with van der Waals surface area (Å²) in [5.74, 6) is -0.359. The molecule has 0 aliphatic carbocycles. The fraction of sp³-hybridized carbons (Fsp3) is 0.136. The fourth-order valence-corrected chi connectivity index (χ4v) is 4.53. The van der Waals surface area contributed by atoms with Gasteiger partial charge in [-0.3, -0.25) is 14.2 Å². The second kappa shape index (κ2) is 8.04. The summed E-state index contributed by atoms with van der Waals surface area (Å²) in [6, 6.07) is 14.4. The summed E-state index contributed by atoms with van der Waals surface area (Å²) in [4.78, 5) is 39.2. The number of carbonyl (C=O) groups is 1. The van der Waals surface area contributed by atoms with E-state index in [0.29, 0.717) is 21.6 Å². The molecule has 1 N–H and O–H groups in total. The second-order valence-corrected chi connectivity index (χ2v) is 8.66. The number of aromatic nitrogens is 2. The lowest BCUT2D eigenvalue weighted by Crippen LogP contribution is -2.40. The van der Waals surface area contributed by atoms with Crippen molar-refractivity contribution in [3.05, 3.63) is 90.3 Å². The Balaban J connectivity index is 1.85. The maximum absolute atomic E-state index is 13.4. The predicted octanol–water partition coefficient (Wildman–Crippen LogP) is 4.23. The van der Waals surface area contributed by atoms with Gasteiger partial charge in [-0.1, -0.05) is 24.3 Å². The molecule has 1 amide bonds. The van der Waals surface area contributed by atoms with Crippen LogP contribution in [0.4, 0.5) is 5.69 Å². The third-order valence-electron chi connectivity index (χ3n) is 5.02. The number of carbonyl (C=O) groups excluding carboxylic acids is 1. The predicted molar refractivity (Wildman–Crippen MR) is 124 cm³/mol. The van der Waals surface area contributed by atoms with Gasteiger partial charge in [0.25, 0.3) is 5.56 Å². The molecule has 2 aromatic carbocycles. The zero-order valence-electron chi connectivity index (χ0n) is 16.3. The highest BCUT2D eigenvalue weighted by Gasteiger charge is 2.19.